The van der Waals surface area contributed by atoms with Gasteiger partial charge in [-0.1, -0.05) is 42.4 Å². The SMILES string of the molecule is CN1/C(=C/c2cc[n+](C3CCCCC3)c3ccccc23)Sc2ccccc21. The number of fused-ring (bicyclic) bond motifs is 2. The topological polar surface area (TPSA) is 7.12 Å². The van der Waals surface area contributed by atoms with Crippen molar-refractivity contribution in [2.45, 2.75) is 43.0 Å². The fraction of sp³-hybridized carbons (Fsp3) is 0.292. The molecule has 1 aliphatic carbocycles. The van der Waals surface area contributed by atoms with Gasteiger partial charge in [0.15, 0.2) is 12.2 Å². The number of thioether (sulfide) groups is 1. The molecule has 0 saturated heterocycles. The summed E-state index contributed by atoms with van der Waals surface area (Å²) in [6, 6.07) is 20.5. The smallest absolute Gasteiger partial charge is 0.213 e. The van der Waals surface area contributed by atoms with Gasteiger partial charge in [0, 0.05) is 36.9 Å². The lowest BCUT2D eigenvalue weighted by Crippen LogP contribution is -2.41. The summed E-state index contributed by atoms with van der Waals surface area (Å²) in [5.74, 6) is 0. The van der Waals surface area contributed by atoms with Gasteiger partial charge in [-0.3, -0.25) is 0 Å². The van der Waals surface area contributed by atoms with Crippen molar-refractivity contribution in [3.63, 3.8) is 0 Å². The van der Waals surface area contributed by atoms with Gasteiger partial charge in [-0.25, -0.2) is 0 Å². The summed E-state index contributed by atoms with van der Waals surface area (Å²) < 4.78 is 2.52. The maximum absolute atomic E-state index is 2.52. The van der Waals surface area contributed by atoms with E-state index in [0.29, 0.717) is 6.04 Å². The van der Waals surface area contributed by atoms with Crippen LogP contribution in [0.25, 0.3) is 17.0 Å². The number of hydrogen-bond donors (Lipinski definition) is 0. The molecule has 3 heteroatoms. The predicted octanol–water partition coefficient (Wildman–Crippen LogP) is 6.17. The average Bonchev–Trinajstić information content (AvgIpc) is 3.05. The van der Waals surface area contributed by atoms with E-state index in [2.05, 4.69) is 83.4 Å². The molecule has 0 spiro atoms. The number of benzene rings is 2. The molecular formula is C24H25N2S+. The van der Waals surface area contributed by atoms with E-state index in [1.54, 1.807) is 0 Å². The highest BCUT2D eigenvalue weighted by atomic mass is 32.2. The Morgan fingerprint density at radius 1 is 0.963 bits per heavy atom. The van der Waals surface area contributed by atoms with Gasteiger partial charge in [-0.05, 0) is 42.7 Å². The van der Waals surface area contributed by atoms with Crippen molar-refractivity contribution < 1.29 is 4.57 Å². The van der Waals surface area contributed by atoms with E-state index in [0.717, 1.165) is 0 Å². The van der Waals surface area contributed by atoms with Gasteiger partial charge in [0.05, 0.1) is 16.1 Å². The zero-order valence-electron chi connectivity index (χ0n) is 15.8. The lowest BCUT2D eigenvalue weighted by atomic mass is 9.94. The Kier molecular flexibility index (Phi) is 4.41. The second-order valence-corrected chi connectivity index (χ2v) is 8.66. The molecule has 2 heterocycles. The minimum atomic E-state index is 0.651. The minimum Gasteiger partial charge on any atom is -0.338 e. The van der Waals surface area contributed by atoms with Gasteiger partial charge in [-0.2, -0.15) is 4.57 Å². The summed E-state index contributed by atoms with van der Waals surface area (Å²) in [7, 11) is 2.16. The molecule has 1 aromatic heterocycles. The Morgan fingerprint density at radius 3 is 2.59 bits per heavy atom. The molecule has 3 aromatic rings. The van der Waals surface area contributed by atoms with Crippen LogP contribution in [0.15, 0.2) is 70.7 Å². The number of hydrogen-bond acceptors (Lipinski definition) is 2. The van der Waals surface area contributed by atoms with Crippen LogP contribution in [0.4, 0.5) is 5.69 Å². The first-order valence-corrected chi connectivity index (χ1v) is 10.8. The Hall–Kier alpha value is -2.26. The molecule has 5 rings (SSSR count). The Bertz CT molecular complexity index is 1020. The first-order valence-electron chi connectivity index (χ1n) is 9.96. The lowest BCUT2D eigenvalue weighted by Gasteiger charge is -2.19. The maximum Gasteiger partial charge on any atom is 0.213 e. The monoisotopic (exact) mass is 373 g/mol. The van der Waals surface area contributed by atoms with E-state index in [1.807, 2.05) is 11.8 Å². The van der Waals surface area contributed by atoms with Gasteiger partial charge < -0.3 is 4.90 Å². The standard InChI is InChI=1S/C24H25N2S/c1-25-22-13-7-8-14-23(22)27-24(25)17-18-15-16-26(19-9-3-2-4-10-19)21-12-6-5-11-20(18)21/h5-8,11-17,19H,2-4,9-10H2,1H3/q+1. The Balaban J connectivity index is 1.57. The predicted molar refractivity (Wildman–Crippen MR) is 115 cm³/mol. The van der Waals surface area contributed by atoms with Crippen molar-refractivity contribution in [1.29, 1.82) is 0 Å². The summed E-state index contributed by atoms with van der Waals surface area (Å²) in [6.07, 6.45) is 11.4. The van der Waals surface area contributed by atoms with E-state index in [-0.39, 0.29) is 0 Å². The fourth-order valence-corrected chi connectivity index (χ4v) is 5.56. The molecule has 0 radical (unpaired) electrons. The number of anilines is 1. The zero-order valence-corrected chi connectivity index (χ0v) is 16.6. The number of aromatic nitrogens is 1. The molecule has 0 bridgehead atoms. The van der Waals surface area contributed by atoms with E-state index in [4.69, 9.17) is 0 Å². The van der Waals surface area contributed by atoms with E-state index >= 15 is 0 Å². The highest BCUT2D eigenvalue weighted by Crippen LogP contribution is 2.45. The van der Waals surface area contributed by atoms with Crippen molar-refractivity contribution >= 4 is 34.4 Å². The van der Waals surface area contributed by atoms with Crippen LogP contribution in [-0.2, 0) is 0 Å². The van der Waals surface area contributed by atoms with Crippen LogP contribution in [-0.4, -0.2) is 7.05 Å². The molecule has 0 atom stereocenters. The Labute approximate surface area is 165 Å². The number of nitrogens with zero attached hydrogens (tertiary/aromatic N) is 2. The molecule has 27 heavy (non-hydrogen) atoms. The molecular weight excluding hydrogens is 348 g/mol. The fourth-order valence-electron chi connectivity index (χ4n) is 4.46. The van der Waals surface area contributed by atoms with Crippen LogP contribution in [0.5, 0.6) is 0 Å². The van der Waals surface area contributed by atoms with E-state index in [1.165, 1.54) is 64.2 Å². The highest BCUT2D eigenvalue weighted by Gasteiger charge is 2.25. The minimum absolute atomic E-state index is 0.651. The maximum atomic E-state index is 2.52. The third-order valence-corrected chi connectivity index (χ3v) is 7.09. The van der Waals surface area contributed by atoms with E-state index < -0.39 is 0 Å². The molecule has 2 aromatic carbocycles. The van der Waals surface area contributed by atoms with Gasteiger partial charge in [0.1, 0.15) is 0 Å². The number of para-hydroxylation sites is 2. The number of rotatable bonds is 2. The molecule has 1 fully saturated rings. The second kappa shape index (κ2) is 7.05. The van der Waals surface area contributed by atoms with Gasteiger partial charge in [0.2, 0.25) is 5.52 Å². The quantitative estimate of drug-likeness (QED) is 0.496. The normalized spacial score (nSPS) is 19.0. The first-order chi connectivity index (χ1) is 13.3. The molecule has 0 amide bonds. The zero-order chi connectivity index (χ0) is 18.2. The van der Waals surface area contributed by atoms with Crippen molar-refractivity contribution in [3.8, 4) is 0 Å². The van der Waals surface area contributed by atoms with Gasteiger partial charge in [-0.15, -0.1) is 0 Å². The lowest BCUT2D eigenvalue weighted by molar-refractivity contribution is -0.701. The highest BCUT2D eigenvalue weighted by molar-refractivity contribution is 8.03. The molecule has 136 valence electrons. The summed E-state index contributed by atoms with van der Waals surface area (Å²) in [4.78, 5) is 3.64. The van der Waals surface area contributed by atoms with Crippen LogP contribution in [0.1, 0.15) is 43.7 Å². The summed E-state index contributed by atoms with van der Waals surface area (Å²) in [5.41, 5.74) is 3.97. The molecule has 1 saturated carbocycles. The third-order valence-electron chi connectivity index (χ3n) is 5.93. The summed E-state index contributed by atoms with van der Waals surface area (Å²) >= 11 is 1.86. The second-order valence-electron chi connectivity index (χ2n) is 7.60. The molecule has 0 unspecified atom stereocenters. The molecule has 2 nitrogen and oxygen atoms in total. The molecule has 1 aliphatic heterocycles. The first kappa shape index (κ1) is 16.9. The summed E-state index contributed by atoms with van der Waals surface area (Å²) in [6.45, 7) is 0. The summed E-state index contributed by atoms with van der Waals surface area (Å²) in [5, 5.41) is 2.64. The van der Waals surface area contributed by atoms with Gasteiger partial charge >= 0.3 is 0 Å². The van der Waals surface area contributed by atoms with Crippen LogP contribution >= 0.6 is 11.8 Å². The van der Waals surface area contributed by atoms with Crippen LogP contribution in [0.2, 0.25) is 0 Å². The largest absolute Gasteiger partial charge is 0.338 e. The van der Waals surface area contributed by atoms with Crippen LogP contribution < -0.4 is 9.47 Å². The third kappa shape index (κ3) is 3.04. The van der Waals surface area contributed by atoms with Crippen LogP contribution in [0.3, 0.4) is 0 Å². The van der Waals surface area contributed by atoms with Crippen LogP contribution in [0, 0.1) is 0 Å². The number of pyridine rings is 1. The van der Waals surface area contributed by atoms with E-state index in [9.17, 15) is 0 Å². The van der Waals surface area contributed by atoms with Crippen molar-refractivity contribution in [1.82, 2.24) is 0 Å². The van der Waals surface area contributed by atoms with Crippen molar-refractivity contribution in [2.75, 3.05) is 11.9 Å². The van der Waals surface area contributed by atoms with Crippen molar-refractivity contribution in [2.24, 2.45) is 0 Å². The molecule has 2 aliphatic rings. The average molecular weight is 374 g/mol. The molecule has 0 N–H and O–H groups in total. The van der Waals surface area contributed by atoms with Crippen molar-refractivity contribution in [3.05, 3.63) is 71.4 Å². The Morgan fingerprint density at radius 2 is 1.74 bits per heavy atom. The van der Waals surface area contributed by atoms with Gasteiger partial charge in [0.25, 0.3) is 0 Å².